The Morgan fingerprint density at radius 3 is 2.42 bits per heavy atom. The van der Waals surface area contributed by atoms with Crippen LogP contribution in [0.15, 0.2) is 59.4 Å². The Labute approximate surface area is 191 Å². The highest BCUT2D eigenvalue weighted by atomic mass is 16.5. The van der Waals surface area contributed by atoms with Crippen LogP contribution in [-0.2, 0) is 6.42 Å². The third-order valence-corrected chi connectivity index (χ3v) is 5.55. The van der Waals surface area contributed by atoms with Gasteiger partial charge in [-0.2, -0.15) is 0 Å². The number of pyridine rings is 1. The van der Waals surface area contributed by atoms with Gasteiger partial charge < -0.3 is 24.5 Å². The number of ether oxygens (including phenoxy) is 3. The minimum absolute atomic E-state index is 0.233. The Kier molecular flexibility index (Phi) is 6.49. The molecule has 0 bridgehead atoms. The van der Waals surface area contributed by atoms with Crippen molar-refractivity contribution >= 4 is 27.6 Å². The van der Waals surface area contributed by atoms with E-state index in [2.05, 4.69) is 10.3 Å². The van der Waals surface area contributed by atoms with Gasteiger partial charge in [0.2, 0.25) is 0 Å². The summed E-state index contributed by atoms with van der Waals surface area (Å²) in [6.07, 6.45) is 0.353. The van der Waals surface area contributed by atoms with E-state index in [9.17, 15) is 9.59 Å². The lowest BCUT2D eigenvalue weighted by Crippen LogP contribution is -2.28. The quantitative estimate of drug-likeness (QED) is 0.426. The van der Waals surface area contributed by atoms with E-state index >= 15 is 0 Å². The van der Waals surface area contributed by atoms with Crippen molar-refractivity contribution in [3.05, 3.63) is 76.1 Å². The molecule has 4 rings (SSSR count). The summed E-state index contributed by atoms with van der Waals surface area (Å²) in [4.78, 5) is 28.7. The van der Waals surface area contributed by atoms with E-state index in [0.29, 0.717) is 46.9 Å². The van der Waals surface area contributed by atoms with Crippen LogP contribution in [0.25, 0.3) is 21.7 Å². The third kappa shape index (κ3) is 4.35. The summed E-state index contributed by atoms with van der Waals surface area (Å²) in [5.41, 5.74) is 1.38. The maximum absolute atomic E-state index is 13.1. The number of carbonyl (C=O) groups is 1. The Bertz CT molecular complexity index is 1380. The molecule has 0 spiro atoms. The van der Waals surface area contributed by atoms with Crippen LogP contribution in [0.4, 0.5) is 0 Å². The van der Waals surface area contributed by atoms with Gasteiger partial charge in [-0.25, -0.2) is 0 Å². The zero-order valence-corrected chi connectivity index (χ0v) is 18.9. The molecule has 7 heteroatoms. The van der Waals surface area contributed by atoms with Crippen LogP contribution in [0.5, 0.6) is 17.2 Å². The molecule has 0 aliphatic carbocycles. The zero-order chi connectivity index (χ0) is 23.4. The van der Waals surface area contributed by atoms with Crippen LogP contribution < -0.4 is 25.1 Å². The molecule has 7 nitrogen and oxygen atoms in total. The first-order valence-electron chi connectivity index (χ1n) is 10.8. The van der Waals surface area contributed by atoms with Crippen molar-refractivity contribution in [2.75, 3.05) is 27.4 Å². The molecule has 0 atom stereocenters. The molecule has 0 unspecified atom stereocenters. The van der Waals surface area contributed by atoms with Gasteiger partial charge in [-0.15, -0.1) is 0 Å². The highest BCUT2D eigenvalue weighted by Gasteiger charge is 2.17. The molecule has 1 amide bonds. The fourth-order valence-electron chi connectivity index (χ4n) is 3.98. The summed E-state index contributed by atoms with van der Waals surface area (Å²) in [6, 6.07) is 16.8. The number of rotatable bonds is 8. The standard InChI is InChI=1S/C26H26N2O5/c1-4-33-21-10-9-16-7-5-6-8-18(16)23(21)26(30)27-14-13-17-15-19-20(31-2)11-12-22(32-3)24(19)28-25(17)29/h5-12,15H,4,13-14H2,1-3H3,(H,27,30)(H,28,29). The van der Waals surface area contributed by atoms with E-state index in [0.717, 1.165) is 16.2 Å². The predicted molar refractivity (Wildman–Crippen MR) is 129 cm³/mol. The fourth-order valence-corrected chi connectivity index (χ4v) is 3.98. The molecule has 0 aliphatic heterocycles. The summed E-state index contributed by atoms with van der Waals surface area (Å²) in [6.45, 7) is 2.62. The van der Waals surface area contributed by atoms with Gasteiger partial charge >= 0.3 is 0 Å². The number of nitrogens with one attached hydrogen (secondary N) is 2. The maximum Gasteiger partial charge on any atom is 0.255 e. The molecule has 170 valence electrons. The number of hydrogen-bond donors (Lipinski definition) is 2. The van der Waals surface area contributed by atoms with E-state index in [1.165, 1.54) is 0 Å². The molecule has 4 aromatic rings. The van der Waals surface area contributed by atoms with Gasteiger partial charge in [0.1, 0.15) is 17.2 Å². The molecule has 3 aromatic carbocycles. The first-order valence-corrected chi connectivity index (χ1v) is 10.8. The second-order valence-corrected chi connectivity index (χ2v) is 7.48. The summed E-state index contributed by atoms with van der Waals surface area (Å²) < 4.78 is 16.5. The number of methoxy groups -OCH3 is 2. The van der Waals surface area contributed by atoms with Crippen molar-refractivity contribution in [3.8, 4) is 17.2 Å². The van der Waals surface area contributed by atoms with Crippen molar-refractivity contribution in [3.63, 3.8) is 0 Å². The average Bonchev–Trinajstić information content (AvgIpc) is 2.83. The largest absolute Gasteiger partial charge is 0.496 e. The van der Waals surface area contributed by atoms with Gasteiger partial charge in [-0.1, -0.05) is 30.3 Å². The molecular formula is C26H26N2O5. The molecule has 1 heterocycles. The fraction of sp³-hybridized carbons (Fsp3) is 0.231. The zero-order valence-electron chi connectivity index (χ0n) is 18.9. The highest BCUT2D eigenvalue weighted by molar-refractivity contribution is 6.09. The monoisotopic (exact) mass is 446 g/mol. The minimum atomic E-state index is -0.244. The Balaban J connectivity index is 1.59. The van der Waals surface area contributed by atoms with Crippen molar-refractivity contribution in [1.82, 2.24) is 10.3 Å². The number of aromatic nitrogens is 1. The molecule has 0 saturated heterocycles. The van der Waals surface area contributed by atoms with Gasteiger partial charge in [0.25, 0.3) is 11.5 Å². The van der Waals surface area contributed by atoms with Crippen LogP contribution in [0, 0.1) is 0 Å². The van der Waals surface area contributed by atoms with E-state index in [4.69, 9.17) is 14.2 Å². The minimum Gasteiger partial charge on any atom is -0.496 e. The number of carbonyl (C=O) groups excluding carboxylic acids is 1. The highest BCUT2D eigenvalue weighted by Crippen LogP contribution is 2.31. The van der Waals surface area contributed by atoms with Crippen molar-refractivity contribution in [1.29, 1.82) is 0 Å². The van der Waals surface area contributed by atoms with Crippen molar-refractivity contribution in [2.45, 2.75) is 13.3 Å². The van der Waals surface area contributed by atoms with Crippen LogP contribution in [0.3, 0.4) is 0 Å². The number of H-pyrrole nitrogens is 1. The molecule has 33 heavy (non-hydrogen) atoms. The molecule has 1 aromatic heterocycles. The van der Waals surface area contributed by atoms with E-state index in [1.807, 2.05) is 43.3 Å². The lowest BCUT2D eigenvalue weighted by molar-refractivity contribution is 0.0952. The summed E-state index contributed by atoms with van der Waals surface area (Å²) in [7, 11) is 3.12. The van der Waals surface area contributed by atoms with Gasteiger partial charge in [0, 0.05) is 17.5 Å². The Morgan fingerprint density at radius 1 is 0.939 bits per heavy atom. The van der Waals surface area contributed by atoms with Crippen LogP contribution in [-0.4, -0.2) is 38.3 Å². The molecule has 2 N–H and O–H groups in total. The topological polar surface area (TPSA) is 89.7 Å². The van der Waals surface area contributed by atoms with Gasteiger partial charge in [0.15, 0.2) is 0 Å². The first kappa shape index (κ1) is 22.2. The second kappa shape index (κ2) is 9.65. The molecule has 0 fully saturated rings. The summed E-state index contributed by atoms with van der Waals surface area (Å²) >= 11 is 0. The molecular weight excluding hydrogens is 420 g/mol. The van der Waals surface area contributed by atoms with Crippen LogP contribution >= 0.6 is 0 Å². The lowest BCUT2D eigenvalue weighted by atomic mass is 10.0. The smallest absolute Gasteiger partial charge is 0.255 e. The van der Waals surface area contributed by atoms with Gasteiger partial charge in [0.05, 0.1) is 31.9 Å². The Hall–Kier alpha value is -4.00. The Morgan fingerprint density at radius 2 is 1.67 bits per heavy atom. The molecule has 0 saturated carbocycles. The van der Waals surface area contributed by atoms with E-state index in [-0.39, 0.29) is 18.0 Å². The first-order chi connectivity index (χ1) is 16.1. The number of amides is 1. The van der Waals surface area contributed by atoms with Crippen molar-refractivity contribution < 1.29 is 19.0 Å². The molecule has 0 aliphatic rings. The number of fused-ring (bicyclic) bond motifs is 2. The van der Waals surface area contributed by atoms with Gasteiger partial charge in [-0.3, -0.25) is 9.59 Å². The van der Waals surface area contributed by atoms with E-state index in [1.54, 1.807) is 32.4 Å². The second-order valence-electron chi connectivity index (χ2n) is 7.48. The summed E-state index contributed by atoms with van der Waals surface area (Å²) in [5.74, 6) is 1.48. The number of benzene rings is 3. The SMILES string of the molecule is CCOc1ccc2ccccc2c1C(=O)NCCc1cc2c(OC)ccc(OC)c2[nH]c1=O. The average molecular weight is 447 g/mol. The van der Waals surface area contributed by atoms with Crippen LogP contribution in [0.2, 0.25) is 0 Å². The predicted octanol–water partition coefficient (Wildman–Crippen LogP) is 4.07. The number of hydrogen-bond acceptors (Lipinski definition) is 5. The molecule has 0 radical (unpaired) electrons. The van der Waals surface area contributed by atoms with Crippen LogP contribution in [0.1, 0.15) is 22.8 Å². The summed E-state index contributed by atoms with van der Waals surface area (Å²) in [5, 5.41) is 5.46. The van der Waals surface area contributed by atoms with Crippen molar-refractivity contribution in [2.24, 2.45) is 0 Å². The maximum atomic E-state index is 13.1. The lowest BCUT2D eigenvalue weighted by Gasteiger charge is -2.14. The van der Waals surface area contributed by atoms with Gasteiger partial charge in [-0.05, 0) is 48.4 Å². The third-order valence-electron chi connectivity index (χ3n) is 5.55. The van der Waals surface area contributed by atoms with E-state index < -0.39 is 0 Å². The normalized spacial score (nSPS) is 10.9. The number of aromatic amines is 1.